The summed E-state index contributed by atoms with van der Waals surface area (Å²) in [5, 5.41) is 2.47. The second-order valence-corrected chi connectivity index (χ2v) is 9.58. The molecule has 2 rings (SSSR count). The lowest BCUT2D eigenvalue weighted by Gasteiger charge is -2.29. The highest BCUT2D eigenvalue weighted by atomic mass is 28.4. The second kappa shape index (κ2) is 8.09. The molecule has 0 heterocycles. The lowest BCUT2D eigenvalue weighted by atomic mass is 10.0. The van der Waals surface area contributed by atoms with Crippen LogP contribution in [0.4, 0.5) is 0 Å². The van der Waals surface area contributed by atoms with Gasteiger partial charge < -0.3 is 4.43 Å². The van der Waals surface area contributed by atoms with Gasteiger partial charge in [-0.05, 0) is 36.2 Å². The molecule has 0 unspecified atom stereocenters. The van der Waals surface area contributed by atoms with Crippen LogP contribution in [0.5, 0.6) is 0 Å². The molecule has 1 nitrogen and oxygen atoms in total. The Morgan fingerprint density at radius 1 is 0.917 bits per heavy atom. The minimum atomic E-state index is -2.48. The van der Waals surface area contributed by atoms with Crippen LogP contribution in [0, 0.1) is 0 Å². The number of hydrogen-bond donors (Lipinski definition) is 0. The van der Waals surface area contributed by atoms with Gasteiger partial charge in [-0.15, -0.1) is 0 Å². The third kappa shape index (κ3) is 4.02. The summed E-state index contributed by atoms with van der Waals surface area (Å²) in [4.78, 5) is 0. The fourth-order valence-corrected chi connectivity index (χ4v) is 6.37. The number of allylic oxidation sites excluding steroid dienone is 3. The van der Waals surface area contributed by atoms with Crippen LogP contribution in [-0.4, -0.2) is 15.4 Å². The predicted molar refractivity (Wildman–Crippen MR) is 107 cm³/mol. The Hall–Kier alpha value is -2.16. The maximum atomic E-state index is 6.26. The predicted octanol–water partition coefficient (Wildman–Crippen LogP) is 4.40. The smallest absolute Gasteiger partial charge is 0.280 e. The Morgan fingerprint density at radius 3 is 1.71 bits per heavy atom. The molecule has 0 aliphatic carbocycles. The Bertz CT molecular complexity index is 690. The van der Waals surface area contributed by atoms with E-state index < -0.39 is 8.32 Å². The van der Waals surface area contributed by atoms with Gasteiger partial charge in [0.2, 0.25) is 0 Å². The molecular formula is C22H26OSi. The molecule has 24 heavy (non-hydrogen) atoms. The van der Waals surface area contributed by atoms with E-state index >= 15 is 0 Å². The molecule has 0 saturated carbocycles. The van der Waals surface area contributed by atoms with Gasteiger partial charge in [0.1, 0.15) is 0 Å². The zero-order valence-corrected chi connectivity index (χ0v) is 15.9. The van der Waals surface area contributed by atoms with E-state index in [1.54, 1.807) is 0 Å². The quantitative estimate of drug-likeness (QED) is 0.414. The Labute approximate surface area is 147 Å². The zero-order valence-electron chi connectivity index (χ0n) is 14.9. The van der Waals surface area contributed by atoms with Crippen molar-refractivity contribution < 1.29 is 4.43 Å². The van der Waals surface area contributed by atoms with Gasteiger partial charge in [0.05, 0.1) is 0 Å². The van der Waals surface area contributed by atoms with E-state index in [0.29, 0.717) is 0 Å². The minimum Gasteiger partial charge on any atom is -0.408 e. The molecule has 2 heteroatoms. The zero-order chi connectivity index (χ0) is 17.6. The van der Waals surface area contributed by atoms with Crippen molar-refractivity contribution in [3.05, 3.63) is 96.2 Å². The molecule has 0 saturated heterocycles. The molecule has 0 atom stereocenters. The average Bonchev–Trinajstić information content (AvgIpc) is 2.60. The average molecular weight is 335 g/mol. The highest BCUT2D eigenvalue weighted by Crippen LogP contribution is 2.21. The van der Waals surface area contributed by atoms with Crippen molar-refractivity contribution in [1.29, 1.82) is 0 Å². The van der Waals surface area contributed by atoms with E-state index in [0.717, 1.165) is 17.6 Å². The van der Waals surface area contributed by atoms with Crippen molar-refractivity contribution in [3.63, 3.8) is 0 Å². The van der Waals surface area contributed by atoms with E-state index in [1.807, 2.05) is 19.2 Å². The van der Waals surface area contributed by atoms with Crippen LogP contribution in [-0.2, 0) is 4.43 Å². The van der Waals surface area contributed by atoms with Crippen molar-refractivity contribution in [2.45, 2.75) is 20.3 Å². The fraction of sp³-hybridized carbons (Fsp3) is 0.182. The van der Waals surface area contributed by atoms with Crippen LogP contribution in [0.3, 0.4) is 0 Å². The lowest BCUT2D eigenvalue weighted by molar-refractivity contribution is 0.425. The topological polar surface area (TPSA) is 9.23 Å². The molecule has 0 aliphatic rings. The van der Waals surface area contributed by atoms with E-state index in [2.05, 4.69) is 81.2 Å². The minimum absolute atomic E-state index is 0.826. The first-order chi connectivity index (χ1) is 11.5. The van der Waals surface area contributed by atoms with Gasteiger partial charge in [0, 0.05) is 7.11 Å². The van der Waals surface area contributed by atoms with Crippen molar-refractivity contribution in [2.24, 2.45) is 0 Å². The van der Waals surface area contributed by atoms with Crippen molar-refractivity contribution in [1.82, 2.24) is 0 Å². The standard InChI is InChI=1S/C22H26OSi/c1-18(2)16-20(19(3)4)17-24(23-5,21-12-8-6-9-13-21)22-14-10-7-11-15-22/h6-15,17H,1,3,16H2,2,4-5H3/b20-17+. The van der Waals surface area contributed by atoms with Crippen LogP contribution >= 0.6 is 0 Å². The molecule has 2 aromatic rings. The second-order valence-electron chi connectivity index (χ2n) is 6.26. The first kappa shape index (κ1) is 18.2. The van der Waals surface area contributed by atoms with Crippen molar-refractivity contribution in [2.75, 3.05) is 7.11 Å². The monoisotopic (exact) mass is 334 g/mol. The third-order valence-corrected chi connectivity index (χ3v) is 7.93. The molecule has 0 spiro atoms. The van der Waals surface area contributed by atoms with E-state index in [1.165, 1.54) is 15.9 Å². The number of rotatable bonds is 7. The van der Waals surface area contributed by atoms with Gasteiger partial charge in [0.15, 0.2) is 0 Å². The molecule has 0 radical (unpaired) electrons. The Balaban J connectivity index is 2.71. The van der Waals surface area contributed by atoms with Crippen LogP contribution < -0.4 is 10.4 Å². The van der Waals surface area contributed by atoms with E-state index in [-0.39, 0.29) is 0 Å². The largest absolute Gasteiger partial charge is 0.408 e. The molecule has 0 fully saturated rings. The Kier molecular flexibility index (Phi) is 6.13. The highest BCUT2D eigenvalue weighted by Gasteiger charge is 2.37. The first-order valence-corrected chi connectivity index (χ1v) is 10.2. The SMILES string of the molecule is C=C(C)C/C(=C\[Si](OC)(c1ccccc1)c1ccccc1)C(=C)C. The van der Waals surface area contributed by atoms with Crippen molar-refractivity contribution >= 4 is 18.7 Å². The summed E-state index contributed by atoms with van der Waals surface area (Å²) < 4.78 is 6.26. The molecular weight excluding hydrogens is 308 g/mol. The van der Waals surface area contributed by atoms with Gasteiger partial charge >= 0.3 is 0 Å². The maximum Gasteiger partial charge on any atom is 0.280 e. The summed E-state index contributed by atoms with van der Waals surface area (Å²) in [6.45, 7) is 12.4. The fourth-order valence-electron chi connectivity index (χ4n) is 2.90. The summed E-state index contributed by atoms with van der Waals surface area (Å²) in [7, 11) is -0.659. The molecule has 0 aliphatic heterocycles. The first-order valence-electron chi connectivity index (χ1n) is 8.18. The summed E-state index contributed by atoms with van der Waals surface area (Å²) >= 11 is 0. The van der Waals surface area contributed by atoms with Gasteiger partial charge in [0.25, 0.3) is 8.32 Å². The van der Waals surface area contributed by atoms with Crippen LogP contribution in [0.2, 0.25) is 0 Å². The van der Waals surface area contributed by atoms with Crippen LogP contribution in [0.15, 0.2) is 96.2 Å². The third-order valence-electron chi connectivity index (χ3n) is 4.15. The van der Waals surface area contributed by atoms with Crippen LogP contribution in [0.25, 0.3) is 0 Å². The molecule has 124 valence electrons. The normalized spacial score (nSPS) is 12.0. The molecule has 2 aromatic carbocycles. The molecule has 0 bridgehead atoms. The molecule has 0 amide bonds. The van der Waals surface area contributed by atoms with Gasteiger partial charge in [-0.3, -0.25) is 0 Å². The lowest BCUT2D eigenvalue weighted by Crippen LogP contribution is -2.59. The van der Waals surface area contributed by atoms with E-state index in [9.17, 15) is 0 Å². The van der Waals surface area contributed by atoms with Gasteiger partial charge in [-0.2, -0.15) is 0 Å². The maximum absolute atomic E-state index is 6.26. The number of benzene rings is 2. The number of hydrogen-bond acceptors (Lipinski definition) is 1. The molecule has 0 N–H and O–H groups in total. The van der Waals surface area contributed by atoms with Gasteiger partial charge in [-0.1, -0.05) is 90.7 Å². The summed E-state index contributed by atoms with van der Waals surface area (Å²) in [6.07, 6.45) is 0.826. The van der Waals surface area contributed by atoms with E-state index in [4.69, 9.17) is 4.43 Å². The Morgan fingerprint density at radius 2 is 1.38 bits per heavy atom. The summed E-state index contributed by atoms with van der Waals surface area (Å²) in [5.41, 5.74) is 5.74. The summed E-state index contributed by atoms with van der Waals surface area (Å²) in [5.74, 6) is 0. The highest BCUT2D eigenvalue weighted by molar-refractivity contribution is 7.01. The summed E-state index contributed by atoms with van der Waals surface area (Å²) in [6, 6.07) is 21.0. The van der Waals surface area contributed by atoms with Crippen molar-refractivity contribution in [3.8, 4) is 0 Å². The molecule has 0 aromatic heterocycles. The van der Waals surface area contributed by atoms with Gasteiger partial charge in [-0.25, -0.2) is 0 Å². The van der Waals surface area contributed by atoms with Crippen LogP contribution in [0.1, 0.15) is 20.3 Å².